The van der Waals surface area contributed by atoms with Gasteiger partial charge in [0.1, 0.15) is 16.8 Å². The number of amides is 1. The highest BCUT2D eigenvalue weighted by molar-refractivity contribution is 7.88. The lowest BCUT2D eigenvalue weighted by molar-refractivity contribution is -0.692. The molecule has 0 aromatic heterocycles. The van der Waals surface area contributed by atoms with Crippen LogP contribution < -0.4 is 0 Å². The first-order chi connectivity index (χ1) is 16.9. The summed E-state index contributed by atoms with van der Waals surface area (Å²) in [7, 11) is -3.34. The lowest BCUT2D eigenvalue weighted by Gasteiger charge is -2.40. The van der Waals surface area contributed by atoms with Crippen LogP contribution in [0.2, 0.25) is 0 Å². The largest absolute Gasteiger partial charge is 0.396 e. The third-order valence-electron chi connectivity index (χ3n) is 8.68. The summed E-state index contributed by atoms with van der Waals surface area (Å²) < 4.78 is 27.5. The van der Waals surface area contributed by atoms with Gasteiger partial charge in [0.15, 0.2) is 0 Å². The zero-order chi connectivity index (χ0) is 24.6. The summed E-state index contributed by atoms with van der Waals surface area (Å²) in [6, 6.07) is 9.24. The van der Waals surface area contributed by atoms with Crippen molar-refractivity contribution in [1.29, 1.82) is 0 Å². The van der Waals surface area contributed by atoms with Gasteiger partial charge in [-0.05, 0) is 49.5 Å². The molecule has 4 saturated heterocycles. The van der Waals surface area contributed by atoms with E-state index >= 15 is 0 Å². The molecule has 4 aliphatic rings. The number of aliphatic hydroxyl groups excluding tert-OH is 1. The van der Waals surface area contributed by atoms with E-state index in [9.17, 15) is 23.2 Å². The number of hydrazine groups is 1. The zero-order valence-electron chi connectivity index (χ0n) is 20.2. The third-order valence-corrected chi connectivity index (χ3v) is 10.5. The van der Waals surface area contributed by atoms with E-state index in [1.54, 1.807) is 4.31 Å². The summed E-state index contributed by atoms with van der Waals surface area (Å²) in [5, 5.41) is 11.3. The second kappa shape index (κ2) is 10.1. The summed E-state index contributed by atoms with van der Waals surface area (Å²) >= 11 is 0. The van der Waals surface area contributed by atoms with Crippen LogP contribution in [0.3, 0.4) is 0 Å². The minimum atomic E-state index is -3.34. The molecule has 1 aromatic rings. The van der Waals surface area contributed by atoms with E-state index in [-0.39, 0.29) is 42.7 Å². The van der Waals surface area contributed by atoms with Crippen LogP contribution >= 0.6 is 0 Å². The Labute approximate surface area is 207 Å². The lowest BCUT2D eigenvalue weighted by Crippen LogP contribution is -2.49. The fraction of sp³-hybridized carbons (Fsp3) is 0.720. The number of fused-ring (bicyclic) bond motifs is 1. The molecule has 4 aliphatic heterocycles. The van der Waals surface area contributed by atoms with Crippen LogP contribution in [0.15, 0.2) is 30.3 Å². The Balaban J connectivity index is 1.18. The molecule has 0 spiro atoms. The second-order valence-corrected chi connectivity index (χ2v) is 12.7. The molecule has 1 aromatic carbocycles. The van der Waals surface area contributed by atoms with Crippen molar-refractivity contribution in [3.8, 4) is 0 Å². The summed E-state index contributed by atoms with van der Waals surface area (Å²) in [5.41, 5.74) is 0.810. The van der Waals surface area contributed by atoms with Gasteiger partial charge in [-0.25, -0.2) is 12.7 Å². The molecule has 0 bridgehead atoms. The van der Waals surface area contributed by atoms with Crippen LogP contribution in [-0.2, 0) is 20.6 Å². The number of nitroso groups, excluding NO2 is 1. The molecule has 35 heavy (non-hydrogen) atoms. The molecule has 10 heteroatoms. The molecule has 4 fully saturated rings. The first-order valence-corrected chi connectivity index (χ1v) is 14.6. The molecule has 4 heterocycles. The molecule has 0 saturated carbocycles. The molecule has 4 atom stereocenters. The van der Waals surface area contributed by atoms with Crippen LogP contribution in [0.4, 0.5) is 0 Å². The van der Waals surface area contributed by atoms with Gasteiger partial charge in [-0.1, -0.05) is 30.3 Å². The number of carbonyl (C=O) groups excluding carboxylic acids is 1. The smallest absolute Gasteiger partial charge is 0.239 e. The van der Waals surface area contributed by atoms with Gasteiger partial charge in [-0.2, -0.15) is 0 Å². The number of benzene rings is 1. The van der Waals surface area contributed by atoms with E-state index in [0.29, 0.717) is 44.6 Å². The fourth-order valence-electron chi connectivity index (χ4n) is 6.65. The van der Waals surface area contributed by atoms with E-state index in [0.717, 1.165) is 42.5 Å². The van der Waals surface area contributed by atoms with Gasteiger partial charge in [0.05, 0.1) is 17.2 Å². The van der Waals surface area contributed by atoms with E-state index in [1.165, 1.54) is 0 Å². The van der Waals surface area contributed by atoms with Crippen LogP contribution in [-0.4, -0.2) is 90.4 Å². The molecule has 5 rings (SSSR count). The predicted molar refractivity (Wildman–Crippen MR) is 130 cm³/mol. The third kappa shape index (κ3) is 5.11. The average Bonchev–Trinajstić information content (AvgIpc) is 3.49. The van der Waals surface area contributed by atoms with E-state index in [1.807, 2.05) is 40.2 Å². The molecule has 0 aliphatic carbocycles. The molecule has 4 unspecified atom stereocenters. The Kier molecular flexibility index (Phi) is 7.14. The van der Waals surface area contributed by atoms with Gasteiger partial charge in [0.2, 0.25) is 22.5 Å². The molecular weight excluding hydrogens is 468 g/mol. The number of nitrogens with zero attached hydrogens (tertiary/aromatic N) is 4. The van der Waals surface area contributed by atoms with Gasteiger partial charge < -0.3 is 10.0 Å². The Bertz CT molecular complexity index is 1030. The molecule has 1 amide bonds. The fourth-order valence-corrected chi connectivity index (χ4v) is 8.21. The minimum absolute atomic E-state index is 0.0374. The van der Waals surface area contributed by atoms with Crippen LogP contribution in [0.5, 0.6) is 0 Å². The first-order valence-electron chi connectivity index (χ1n) is 13.0. The Hall–Kier alpha value is -2.04. The quantitative estimate of drug-likeness (QED) is 0.588. The van der Waals surface area contributed by atoms with Crippen molar-refractivity contribution in [3.63, 3.8) is 0 Å². The highest BCUT2D eigenvalue weighted by atomic mass is 32.2. The number of likely N-dealkylation sites (tertiary alicyclic amines) is 1. The Morgan fingerprint density at radius 1 is 1.00 bits per heavy atom. The number of hydrogen-bond donors (Lipinski definition) is 1. The standard InChI is InChI=1S/C25H37N4O5S/c30-17-20-6-10-26(15-20)25(31)23-16-29(32)28-13-9-22(14-24(23)28)21-7-11-27(12-8-21)35(33,34)18-19-4-2-1-3-5-19/h1-5,20-24,30H,6-18H2/q+1. The van der Waals surface area contributed by atoms with E-state index in [4.69, 9.17) is 0 Å². The topological polar surface area (TPSA) is 101 Å². The van der Waals surface area contributed by atoms with Crippen molar-refractivity contribution < 1.29 is 23.2 Å². The van der Waals surface area contributed by atoms with Crippen molar-refractivity contribution in [3.05, 3.63) is 40.8 Å². The number of aliphatic hydroxyl groups is 1. The van der Waals surface area contributed by atoms with Crippen molar-refractivity contribution in [2.45, 2.75) is 43.9 Å². The maximum Gasteiger partial charge on any atom is 0.239 e. The maximum atomic E-state index is 13.3. The Morgan fingerprint density at radius 2 is 1.71 bits per heavy atom. The van der Waals surface area contributed by atoms with Crippen molar-refractivity contribution in [2.75, 3.05) is 45.9 Å². The van der Waals surface area contributed by atoms with Gasteiger partial charge in [0.25, 0.3) is 0 Å². The van der Waals surface area contributed by atoms with Crippen LogP contribution in [0.25, 0.3) is 0 Å². The van der Waals surface area contributed by atoms with E-state index < -0.39 is 10.0 Å². The number of rotatable bonds is 6. The molecule has 9 nitrogen and oxygen atoms in total. The first kappa shape index (κ1) is 24.6. The maximum absolute atomic E-state index is 13.3. The van der Waals surface area contributed by atoms with Crippen LogP contribution in [0, 0.1) is 28.6 Å². The van der Waals surface area contributed by atoms with Crippen molar-refractivity contribution >= 4 is 15.9 Å². The number of hydrogen-bond acceptors (Lipinski definition) is 5. The van der Waals surface area contributed by atoms with Gasteiger partial charge in [-0.15, -0.1) is 5.01 Å². The molecule has 0 radical (unpaired) electrons. The molecular formula is C25H37N4O5S+. The molecule has 1 N–H and O–H groups in total. The minimum Gasteiger partial charge on any atom is -0.396 e. The summed E-state index contributed by atoms with van der Waals surface area (Å²) in [6.45, 7) is 3.29. The zero-order valence-corrected chi connectivity index (χ0v) is 21.1. The predicted octanol–water partition coefficient (Wildman–Crippen LogP) is 1.47. The second-order valence-electron chi connectivity index (χ2n) is 10.8. The summed E-state index contributed by atoms with van der Waals surface area (Å²) in [4.78, 5) is 28.7. The van der Waals surface area contributed by atoms with Gasteiger partial charge in [0, 0.05) is 38.7 Å². The normalized spacial score (nSPS) is 30.6. The number of sulfonamides is 1. The van der Waals surface area contributed by atoms with Crippen LogP contribution in [0.1, 0.15) is 37.7 Å². The number of piperidine rings is 2. The van der Waals surface area contributed by atoms with E-state index in [2.05, 4.69) is 0 Å². The summed E-state index contributed by atoms with van der Waals surface area (Å²) in [6.07, 6.45) is 4.20. The Morgan fingerprint density at radius 3 is 2.40 bits per heavy atom. The van der Waals surface area contributed by atoms with Gasteiger partial charge in [-0.3, -0.25) is 4.79 Å². The van der Waals surface area contributed by atoms with Gasteiger partial charge >= 0.3 is 0 Å². The number of carbonyl (C=O) groups is 1. The highest BCUT2D eigenvalue weighted by Crippen LogP contribution is 2.40. The van der Waals surface area contributed by atoms with Crippen molar-refractivity contribution in [1.82, 2.24) is 14.2 Å². The SMILES string of the molecule is O=C(C1C[N+](=O)N2CCC(C3CCN(S(=O)(=O)Cc4ccccc4)CC3)CC12)N1CCC(CO)C1. The monoisotopic (exact) mass is 505 g/mol. The highest BCUT2D eigenvalue weighted by Gasteiger charge is 2.54. The lowest BCUT2D eigenvalue weighted by atomic mass is 9.75. The average molecular weight is 506 g/mol. The summed E-state index contributed by atoms with van der Waals surface area (Å²) in [5.74, 6) is 0.733. The molecule has 192 valence electrons. The van der Waals surface area contributed by atoms with Crippen molar-refractivity contribution in [2.24, 2.45) is 23.7 Å².